The van der Waals surface area contributed by atoms with Crippen molar-refractivity contribution in [1.29, 1.82) is 0 Å². The summed E-state index contributed by atoms with van der Waals surface area (Å²) < 4.78 is 5.19. The van der Waals surface area contributed by atoms with Gasteiger partial charge < -0.3 is 9.64 Å². The van der Waals surface area contributed by atoms with E-state index in [0.29, 0.717) is 12.5 Å². The number of amides is 1. The molecule has 3 nitrogen and oxygen atoms in total. The van der Waals surface area contributed by atoms with Crippen LogP contribution in [-0.4, -0.2) is 31.5 Å². The maximum Gasteiger partial charge on any atom is 0.229 e. The van der Waals surface area contributed by atoms with Crippen molar-refractivity contribution in [3.05, 3.63) is 34.9 Å². The van der Waals surface area contributed by atoms with Gasteiger partial charge in [-0.2, -0.15) is 0 Å². The average Bonchev–Trinajstić information content (AvgIpc) is 2.75. The first-order chi connectivity index (χ1) is 9.14. The number of hydrogen-bond acceptors (Lipinski definition) is 2. The summed E-state index contributed by atoms with van der Waals surface area (Å²) in [5, 5.41) is 0. The third kappa shape index (κ3) is 2.06. The molecular weight excluding hydrogens is 238 g/mol. The van der Waals surface area contributed by atoms with Gasteiger partial charge in [-0.3, -0.25) is 4.79 Å². The predicted octanol–water partition coefficient (Wildman–Crippen LogP) is 2.17. The second-order valence-corrected chi connectivity index (χ2v) is 6.00. The molecule has 3 rings (SSSR count). The minimum absolute atomic E-state index is 0.152. The third-order valence-electron chi connectivity index (χ3n) is 4.59. The van der Waals surface area contributed by atoms with E-state index in [4.69, 9.17) is 4.74 Å². The number of carbonyl (C=O) groups is 1. The number of fused-ring (bicyclic) bond motifs is 1. The molecule has 3 heteroatoms. The van der Waals surface area contributed by atoms with E-state index in [0.717, 1.165) is 32.2 Å². The average molecular weight is 259 g/mol. The Kier molecular flexibility index (Phi) is 3.09. The van der Waals surface area contributed by atoms with Crippen molar-refractivity contribution >= 4 is 5.91 Å². The van der Waals surface area contributed by atoms with Crippen molar-refractivity contribution in [2.24, 2.45) is 5.41 Å². The van der Waals surface area contributed by atoms with Gasteiger partial charge in [-0.15, -0.1) is 0 Å². The zero-order valence-electron chi connectivity index (χ0n) is 11.7. The molecule has 0 bridgehead atoms. The van der Waals surface area contributed by atoms with Gasteiger partial charge in [0.15, 0.2) is 0 Å². The van der Waals surface area contributed by atoms with E-state index < -0.39 is 0 Å². The Morgan fingerprint density at radius 2 is 2.11 bits per heavy atom. The Balaban J connectivity index is 1.88. The van der Waals surface area contributed by atoms with Crippen LogP contribution in [0.15, 0.2) is 18.2 Å². The summed E-state index contributed by atoms with van der Waals surface area (Å²) in [4.78, 5) is 14.4. The van der Waals surface area contributed by atoms with E-state index in [1.807, 2.05) is 11.9 Å². The van der Waals surface area contributed by atoms with Crippen LogP contribution in [0.4, 0.5) is 0 Å². The van der Waals surface area contributed by atoms with Crippen LogP contribution in [0.5, 0.6) is 0 Å². The molecule has 1 heterocycles. The number of ether oxygens (including phenoxy) is 1. The summed E-state index contributed by atoms with van der Waals surface area (Å²) in [7, 11) is 3.65. The highest BCUT2D eigenvalue weighted by Crippen LogP contribution is 2.44. The lowest BCUT2D eigenvalue weighted by Gasteiger charge is -2.37. The smallest absolute Gasteiger partial charge is 0.229 e. The van der Waals surface area contributed by atoms with Crippen LogP contribution in [0.2, 0.25) is 0 Å². The van der Waals surface area contributed by atoms with Crippen LogP contribution in [-0.2, 0) is 29.0 Å². The molecule has 1 amide bonds. The minimum atomic E-state index is -0.152. The zero-order chi connectivity index (χ0) is 13.5. The highest BCUT2D eigenvalue weighted by molar-refractivity contribution is 5.85. The normalized spacial score (nSPS) is 26.0. The van der Waals surface area contributed by atoms with Crippen LogP contribution >= 0.6 is 0 Å². The molecule has 0 N–H and O–H groups in total. The third-order valence-corrected chi connectivity index (χ3v) is 4.59. The van der Waals surface area contributed by atoms with Gasteiger partial charge >= 0.3 is 0 Å². The summed E-state index contributed by atoms with van der Waals surface area (Å²) in [5.74, 6) is 0.336. The first-order valence-electron chi connectivity index (χ1n) is 7.00. The lowest BCUT2D eigenvalue weighted by atomic mass is 9.76. The Labute approximate surface area is 114 Å². The zero-order valence-corrected chi connectivity index (χ0v) is 11.7. The number of methoxy groups -OCH3 is 1. The van der Waals surface area contributed by atoms with Crippen LogP contribution < -0.4 is 0 Å². The molecule has 1 spiro atoms. The molecule has 1 aliphatic carbocycles. The van der Waals surface area contributed by atoms with Gasteiger partial charge in [0.25, 0.3) is 0 Å². The van der Waals surface area contributed by atoms with Gasteiger partial charge in [-0.25, -0.2) is 0 Å². The van der Waals surface area contributed by atoms with Gasteiger partial charge in [0, 0.05) is 20.7 Å². The summed E-state index contributed by atoms with van der Waals surface area (Å²) in [6.45, 7) is 1.56. The van der Waals surface area contributed by atoms with Gasteiger partial charge in [0.1, 0.15) is 0 Å². The molecular formula is C16H21NO2. The van der Waals surface area contributed by atoms with Crippen molar-refractivity contribution in [2.75, 3.05) is 20.7 Å². The monoisotopic (exact) mass is 259 g/mol. The number of rotatable bonds is 2. The predicted molar refractivity (Wildman–Crippen MR) is 73.9 cm³/mol. The lowest BCUT2D eigenvalue weighted by molar-refractivity contribution is -0.144. The number of hydrogen-bond donors (Lipinski definition) is 0. The highest BCUT2D eigenvalue weighted by Gasteiger charge is 2.46. The van der Waals surface area contributed by atoms with Crippen molar-refractivity contribution < 1.29 is 9.53 Å². The molecule has 1 fully saturated rings. The Morgan fingerprint density at radius 3 is 2.89 bits per heavy atom. The Hall–Kier alpha value is -1.35. The summed E-state index contributed by atoms with van der Waals surface area (Å²) in [6.07, 6.45) is 3.98. The molecule has 1 aromatic carbocycles. The fourth-order valence-corrected chi connectivity index (χ4v) is 3.66. The van der Waals surface area contributed by atoms with Crippen LogP contribution in [0, 0.1) is 5.41 Å². The largest absolute Gasteiger partial charge is 0.380 e. The molecule has 102 valence electrons. The van der Waals surface area contributed by atoms with Crippen molar-refractivity contribution in [3.8, 4) is 0 Å². The van der Waals surface area contributed by atoms with Crippen LogP contribution in [0.25, 0.3) is 0 Å². The fraction of sp³-hybridized carbons (Fsp3) is 0.562. The summed E-state index contributed by atoms with van der Waals surface area (Å²) in [6, 6.07) is 6.52. The second kappa shape index (κ2) is 4.64. The SMILES string of the molecule is COCc1ccc2c(c1)C[C@@]1(CCCN(C)C1=O)C2. The number of nitrogens with zero attached hydrogens (tertiary/aromatic N) is 1. The molecule has 0 radical (unpaired) electrons. The maximum atomic E-state index is 12.5. The lowest BCUT2D eigenvalue weighted by Crippen LogP contribution is -2.47. The molecule has 1 saturated heterocycles. The van der Waals surface area contributed by atoms with E-state index >= 15 is 0 Å². The van der Waals surface area contributed by atoms with E-state index in [2.05, 4.69) is 18.2 Å². The summed E-state index contributed by atoms with van der Waals surface area (Å²) in [5.41, 5.74) is 3.75. The molecule has 1 aliphatic heterocycles. The van der Waals surface area contributed by atoms with Crippen LogP contribution in [0.3, 0.4) is 0 Å². The Bertz CT molecular complexity index is 511. The highest BCUT2D eigenvalue weighted by atomic mass is 16.5. The van der Waals surface area contributed by atoms with E-state index in [-0.39, 0.29) is 5.41 Å². The number of likely N-dealkylation sites (tertiary alicyclic amines) is 1. The fourth-order valence-electron chi connectivity index (χ4n) is 3.66. The van der Waals surface area contributed by atoms with Crippen molar-refractivity contribution in [2.45, 2.75) is 32.3 Å². The number of benzene rings is 1. The number of carbonyl (C=O) groups excluding carboxylic acids is 1. The molecule has 0 unspecified atom stereocenters. The van der Waals surface area contributed by atoms with E-state index in [9.17, 15) is 4.79 Å². The maximum absolute atomic E-state index is 12.5. The molecule has 1 atom stereocenters. The van der Waals surface area contributed by atoms with Gasteiger partial charge in [0.2, 0.25) is 5.91 Å². The first kappa shape index (κ1) is 12.7. The Morgan fingerprint density at radius 1 is 1.32 bits per heavy atom. The molecule has 19 heavy (non-hydrogen) atoms. The summed E-state index contributed by atoms with van der Waals surface area (Å²) >= 11 is 0. The van der Waals surface area contributed by atoms with Crippen molar-refractivity contribution in [3.63, 3.8) is 0 Å². The second-order valence-electron chi connectivity index (χ2n) is 6.00. The van der Waals surface area contributed by atoms with Crippen molar-refractivity contribution in [1.82, 2.24) is 4.90 Å². The molecule has 2 aliphatic rings. The molecule has 1 aromatic rings. The minimum Gasteiger partial charge on any atom is -0.380 e. The van der Waals surface area contributed by atoms with Gasteiger partial charge in [-0.1, -0.05) is 18.2 Å². The quantitative estimate of drug-likeness (QED) is 0.814. The topological polar surface area (TPSA) is 29.5 Å². The van der Waals surface area contributed by atoms with Gasteiger partial charge in [0.05, 0.1) is 12.0 Å². The first-order valence-corrected chi connectivity index (χ1v) is 7.00. The van der Waals surface area contributed by atoms with E-state index in [1.54, 1.807) is 7.11 Å². The van der Waals surface area contributed by atoms with E-state index in [1.165, 1.54) is 16.7 Å². The van der Waals surface area contributed by atoms with Crippen LogP contribution in [0.1, 0.15) is 29.5 Å². The standard InChI is InChI=1S/C16H21NO2/c1-17-7-3-6-16(15(17)18)9-13-5-4-12(11-19-2)8-14(13)10-16/h4-5,8H,3,6-7,9-11H2,1-2H3/t16-/m1/s1. The molecule has 0 aromatic heterocycles. The van der Waals surface area contributed by atoms with Gasteiger partial charge in [-0.05, 0) is 42.4 Å². The number of piperidine rings is 1. The molecule has 0 saturated carbocycles.